The molecule has 4 aromatic rings. The molecular weight excluding hydrogens is 374 g/mol. The van der Waals surface area contributed by atoms with Crippen LogP contribution in [0.15, 0.2) is 84.9 Å². The highest BCUT2D eigenvalue weighted by atomic mass is 16.5. The summed E-state index contributed by atoms with van der Waals surface area (Å²) in [4.78, 5) is 29.6. The minimum atomic E-state index is -0.898. The van der Waals surface area contributed by atoms with E-state index in [0.29, 0.717) is 5.56 Å². The number of Topliss-reactive ketones (excluding diaryl/α,β-unsaturated/α-hetero) is 1. The summed E-state index contributed by atoms with van der Waals surface area (Å²) in [7, 11) is 0. The molecule has 0 fully saturated rings. The second kappa shape index (κ2) is 8.37. The first kappa shape index (κ1) is 19.6. The third kappa shape index (κ3) is 3.77. The molecule has 0 aliphatic carbocycles. The number of nitrogens with one attached hydrogen (secondary N) is 1. The van der Waals surface area contributed by atoms with Gasteiger partial charge in [0.15, 0.2) is 6.10 Å². The predicted molar refractivity (Wildman–Crippen MR) is 118 cm³/mol. The molecule has 150 valence electrons. The summed E-state index contributed by atoms with van der Waals surface area (Å²) in [5, 5.41) is 0.838. The molecular formula is C26H23NO3. The van der Waals surface area contributed by atoms with Gasteiger partial charge < -0.3 is 9.72 Å². The van der Waals surface area contributed by atoms with E-state index in [1.54, 1.807) is 6.92 Å². The van der Waals surface area contributed by atoms with Crippen LogP contribution in [0.2, 0.25) is 0 Å². The van der Waals surface area contributed by atoms with Gasteiger partial charge in [0.2, 0.25) is 5.78 Å². The molecule has 1 N–H and O–H groups in total. The lowest BCUT2D eigenvalue weighted by Gasteiger charge is -2.20. The van der Waals surface area contributed by atoms with E-state index in [-0.39, 0.29) is 5.78 Å². The van der Waals surface area contributed by atoms with Gasteiger partial charge in [-0.2, -0.15) is 0 Å². The number of aryl methyl sites for hydroxylation is 1. The smallest absolute Gasteiger partial charge is 0.318 e. The van der Waals surface area contributed by atoms with Crippen molar-refractivity contribution in [1.29, 1.82) is 0 Å². The summed E-state index contributed by atoms with van der Waals surface area (Å²) in [5.74, 6) is -1.24. The molecule has 3 aromatic carbocycles. The van der Waals surface area contributed by atoms with Crippen molar-refractivity contribution >= 4 is 22.7 Å². The SMILES string of the molecule is Cc1[nH]c2ccccc2c1C(=O)[C@H](C)OC(=O)C(c1ccccc1)c1ccccc1. The number of benzene rings is 3. The number of aromatic amines is 1. The molecule has 0 saturated heterocycles. The summed E-state index contributed by atoms with van der Waals surface area (Å²) in [6, 6.07) is 26.6. The summed E-state index contributed by atoms with van der Waals surface area (Å²) >= 11 is 0. The van der Waals surface area contributed by atoms with E-state index >= 15 is 0 Å². The van der Waals surface area contributed by atoms with E-state index in [4.69, 9.17) is 4.74 Å². The Morgan fingerprint density at radius 2 is 1.33 bits per heavy atom. The topological polar surface area (TPSA) is 59.2 Å². The van der Waals surface area contributed by atoms with Crippen molar-refractivity contribution in [2.45, 2.75) is 25.9 Å². The molecule has 1 aromatic heterocycles. The summed E-state index contributed by atoms with van der Waals surface area (Å²) in [5.41, 5.74) is 3.89. The highest BCUT2D eigenvalue weighted by Gasteiger charge is 2.29. The number of ether oxygens (including phenoxy) is 1. The normalized spacial score (nSPS) is 12.1. The third-order valence-corrected chi connectivity index (χ3v) is 5.30. The van der Waals surface area contributed by atoms with Crippen LogP contribution in [0.4, 0.5) is 0 Å². The molecule has 0 aliphatic heterocycles. The highest BCUT2D eigenvalue weighted by molar-refractivity contribution is 6.11. The molecule has 0 amide bonds. The van der Waals surface area contributed by atoms with Crippen LogP contribution in [0.25, 0.3) is 10.9 Å². The van der Waals surface area contributed by atoms with Crippen LogP contribution >= 0.6 is 0 Å². The van der Waals surface area contributed by atoms with E-state index in [1.807, 2.05) is 91.9 Å². The second-order valence-corrected chi connectivity index (χ2v) is 7.37. The van der Waals surface area contributed by atoms with Crippen LogP contribution in [0, 0.1) is 6.92 Å². The Balaban J connectivity index is 1.62. The maximum Gasteiger partial charge on any atom is 0.318 e. The molecule has 0 bridgehead atoms. The van der Waals surface area contributed by atoms with Gasteiger partial charge in [-0.15, -0.1) is 0 Å². The Kier molecular flexibility index (Phi) is 5.48. The molecule has 1 atom stereocenters. The maximum absolute atomic E-state index is 13.2. The van der Waals surface area contributed by atoms with Gasteiger partial charge in [0.25, 0.3) is 0 Å². The number of H-pyrrole nitrogens is 1. The number of para-hydroxylation sites is 1. The van der Waals surface area contributed by atoms with E-state index in [9.17, 15) is 9.59 Å². The number of fused-ring (bicyclic) bond motifs is 1. The number of carbonyl (C=O) groups excluding carboxylic acids is 2. The van der Waals surface area contributed by atoms with E-state index < -0.39 is 18.0 Å². The van der Waals surface area contributed by atoms with Crippen molar-refractivity contribution in [1.82, 2.24) is 4.98 Å². The average molecular weight is 397 g/mol. The van der Waals surface area contributed by atoms with Gasteiger partial charge in [-0.1, -0.05) is 78.9 Å². The first-order valence-corrected chi connectivity index (χ1v) is 9.98. The van der Waals surface area contributed by atoms with Crippen LogP contribution in [0.3, 0.4) is 0 Å². The maximum atomic E-state index is 13.2. The van der Waals surface area contributed by atoms with Crippen LogP contribution in [0.1, 0.15) is 40.0 Å². The third-order valence-electron chi connectivity index (χ3n) is 5.30. The number of hydrogen-bond acceptors (Lipinski definition) is 3. The first-order chi connectivity index (χ1) is 14.6. The molecule has 4 rings (SSSR count). The van der Waals surface area contributed by atoms with E-state index in [2.05, 4.69) is 4.98 Å². The first-order valence-electron chi connectivity index (χ1n) is 9.98. The van der Waals surface area contributed by atoms with Gasteiger partial charge in [-0.25, -0.2) is 0 Å². The molecule has 0 radical (unpaired) electrons. The van der Waals surface area contributed by atoms with Crippen molar-refractivity contribution in [2.24, 2.45) is 0 Å². The molecule has 1 heterocycles. The molecule has 0 saturated carbocycles. The molecule has 4 heteroatoms. The number of ketones is 1. The van der Waals surface area contributed by atoms with Crippen molar-refractivity contribution < 1.29 is 14.3 Å². The minimum absolute atomic E-state index is 0.210. The van der Waals surface area contributed by atoms with Crippen LogP contribution in [-0.2, 0) is 9.53 Å². The van der Waals surface area contributed by atoms with Gasteiger partial charge in [-0.3, -0.25) is 9.59 Å². The van der Waals surface area contributed by atoms with Gasteiger partial charge >= 0.3 is 5.97 Å². The second-order valence-electron chi connectivity index (χ2n) is 7.37. The minimum Gasteiger partial charge on any atom is -0.454 e. The summed E-state index contributed by atoms with van der Waals surface area (Å²) in [6.07, 6.45) is -0.898. The zero-order chi connectivity index (χ0) is 21.1. The van der Waals surface area contributed by atoms with Crippen molar-refractivity contribution in [3.63, 3.8) is 0 Å². The fourth-order valence-electron chi connectivity index (χ4n) is 3.85. The zero-order valence-electron chi connectivity index (χ0n) is 17.0. The molecule has 0 aliphatic rings. The Morgan fingerprint density at radius 3 is 1.93 bits per heavy atom. The fraction of sp³-hybridized carbons (Fsp3) is 0.154. The van der Waals surface area contributed by atoms with Crippen molar-refractivity contribution in [2.75, 3.05) is 0 Å². The lowest BCUT2D eigenvalue weighted by atomic mass is 9.91. The average Bonchev–Trinajstić information content (AvgIpc) is 3.10. The number of rotatable bonds is 6. The number of esters is 1. The number of aromatic nitrogens is 1. The standard InChI is InChI=1S/C26H23NO3/c1-17-23(21-15-9-10-16-22(21)27-17)25(28)18(2)30-26(29)24(19-11-5-3-6-12-19)20-13-7-4-8-14-20/h3-16,18,24,27H,1-2H3/t18-/m0/s1. The predicted octanol–water partition coefficient (Wildman–Crippen LogP) is 5.42. The van der Waals surface area contributed by atoms with Crippen LogP contribution < -0.4 is 0 Å². The number of carbonyl (C=O) groups is 2. The van der Waals surface area contributed by atoms with Gasteiger partial charge in [0.05, 0.1) is 0 Å². The quantitative estimate of drug-likeness (QED) is 0.349. The summed E-state index contributed by atoms with van der Waals surface area (Å²) < 4.78 is 5.71. The van der Waals surface area contributed by atoms with Crippen molar-refractivity contribution in [3.05, 3.63) is 107 Å². The lowest BCUT2D eigenvalue weighted by Crippen LogP contribution is -2.28. The van der Waals surface area contributed by atoms with Gasteiger partial charge in [0.1, 0.15) is 5.92 Å². The molecule has 0 spiro atoms. The zero-order valence-corrected chi connectivity index (χ0v) is 17.0. The lowest BCUT2D eigenvalue weighted by molar-refractivity contribution is -0.147. The van der Waals surface area contributed by atoms with Crippen LogP contribution in [-0.4, -0.2) is 22.8 Å². The van der Waals surface area contributed by atoms with Crippen molar-refractivity contribution in [3.8, 4) is 0 Å². The molecule has 30 heavy (non-hydrogen) atoms. The largest absolute Gasteiger partial charge is 0.454 e. The highest BCUT2D eigenvalue weighted by Crippen LogP contribution is 2.28. The number of hydrogen-bond donors (Lipinski definition) is 1. The van der Waals surface area contributed by atoms with E-state index in [0.717, 1.165) is 27.7 Å². The Bertz CT molecular complexity index is 1140. The monoisotopic (exact) mass is 397 g/mol. The Morgan fingerprint density at radius 1 is 0.800 bits per heavy atom. The molecule has 4 nitrogen and oxygen atoms in total. The van der Waals surface area contributed by atoms with Gasteiger partial charge in [-0.05, 0) is 31.0 Å². The Labute approximate surface area is 175 Å². The summed E-state index contributed by atoms with van der Waals surface area (Å²) in [6.45, 7) is 3.49. The fourth-order valence-corrected chi connectivity index (χ4v) is 3.85. The van der Waals surface area contributed by atoms with E-state index in [1.165, 1.54) is 0 Å². The Hall–Kier alpha value is -3.66. The van der Waals surface area contributed by atoms with Gasteiger partial charge in [0, 0.05) is 22.2 Å². The molecule has 0 unspecified atom stereocenters. The van der Waals surface area contributed by atoms with Crippen LogP contribution in [0.5, 0.6) is 0 Å².